The van der Waals surface area contributed by atoms with Crippen LogP contribution in [0.2, 0.25) is 15.2 Å². The second kappa shape index (κ2) is 5.83. The van der Waals surface area contributed by atoms with Crippen molar-refractivity contribution in [3.05, 3.63) is 44.7 Å². The Hall–Kier alpha value is -0.550. The Morgan fingerprint density at radius 3 is 2.37 bits per heavy atom. The van der Waals surface area contributed by atoms with Crippen LogP contribution in [-0.4, -0.2) is 9.78 Å². The maximum absolute atomic E-state index is 12.8. The van der Waals surface area contributed by atoms with Gasteiger partial charge >= 0.3 is 0 Å². The van der Waals surface area contributed by atoms with Crippen LogP contribution in [0.25, 0.3) is 5.69 Å². The van der Waals surface area contributed by atoms with Crippen molar-refractivity contribution in [2.24, 2.45) is 0 Å². The SMILES string of the molecule is FC(F)c1nn(-c2ccc(Cl)cc2Cl)c(Cl)c1CCl. The Bertz CT molecular complexity index is 613. The van der Waals surface area contributed by atoms with Crippen LogP contribution in [-0.2, 0) is 5.88 Å². The second-order valence-corrected chi connectivity index (χ2v) is 5.07. The Balaban J connectivity index is 2.63. The molecule has 0 aliphatic heterocycles. The Kier molecular flexibility index (Phi) is 4.56. The van der Waals surface area contributed by atoms with Gasteiger partial charge in [0.15, 0.2) is 0 Å². The third-order valence-electron chi connectivity index (χ3n) is 2.43. The molecule has 19 heavy (non-hydrogen) atoms. The number of rotatable bonds is 3. The van der Waals surface area contributed by atoms with Crippen LogP contribution in [0, 0.1) is 0 Å². The fourth-order valence-corrected chi connectivity index (χ4v) is 2.67. The topological polar surface area (TPSA) is 17.8 Å². The van der Waals surface area contributed by atoms with E-state index in [2.05, 4.69) is 5.10 Å². The zero-order valence-corrected chi connectivity index (χ0v) is 12.2. The molecular weight excluding hydrogens is 340 g/mol. The molecule has 0 N–H and O–H groups in total. The van der Waals surface area contributed by atoms with Gasteiger partial charge in [0.05, 0.1) is 16.6 Å². The maximum atomic E-state index is 12.8. The summed E-state index contributed by atoms with van der Waals surface area (Å²) in [5.74, 6) is -0.163. The number of aromatic nitrogens is 2. The molecule has 1 aromatic heterocycles. The van der Waals surface area contributed by atoms with Gasteiger partial charge in [-0.25, -0.2) is 13.5 Å². The van der Waals surface area contributed by atoms with Crippen molar-refractivity contribution < 1.29 is 8.78 Å². The summed E-state index contributed by atoms with van der Waals surface area (Å²) in [6.45, 7) is 0. The molecule has 0 fully saturated rings. The molecule has 0 saturated heterocycles. The summed E-state index contributed by atoms with van der Waals surface area (Å²) in [7, 11) is 0. The summed E-state index contributed by atoms with van der Waals surface area (Å²) >= 11 is 23.4. The van der Waals surface area contributed by atoms with E-state index in [-0.39, 0.29) is 21.6 Å². The minimum absolute atomic E-state index is 0.00882. The van der Waals surface area contributed by atoms with Gasteiger partial charge in [0, 0.05) is 10.6 Å². The molecule has 2 rings (SSSR count). The van der Waals surface area contributed by atoms with E-state index in [1.807, 2.05) is 0 Å². The van der Waals surface area contributed by atoms with Gasteiger partial charge < -0.3 is 0 Å². The van der Waals surface area contributed by atoms with Crippen LogP contribution in [0.4, 0.5) is 8.78 Å². The number of alkyl halides is 3. The van der Waals surface area contributed by atoms with Gasteiger partial charge in [-0.2, -0.15) is 5.10 Å². The van der Waals surface area contributed by atoms with E-state index in [1.54, 1.807) is 6.07 Å². The largest absolute Gasteiger partial charge is 0.282 e. The van der Waals surface area contributed by atoms with Gasteiger partial charge in [-0.3, -0.25) is 0 Å². The van der Waals surface area contributed by atoms with Crippen molar-refractivity contribution in [1.29, 1.82) is 0 Å². The molecule has 0 unspecified atom stereocenters. The quantitative estimate of drug-likeness (QED) is 0.671. The first-order valence-corrected chi connectivity index (χ1v) is 6.69. The monoisotopic (exact) mass is 344 g/mol. The average Bonchev–Trinajstić information content (AvgIpc) is 2.66. The average molecular weight is 346 g/mol. The fraction of sp³-hybridized carbons (Fsp3) is 0.182. The molecule has 0 spiro atoms. The van der Waals surface area contributed by atoms with Crippen LogP contribution in [0.15, 0.2) is 18.2 Å². The van der Waals surface area contributed by atoms with Crippen LogP contribution < -0.4 is 0 Å². The van der Waals surface area contributed by atoms with E-state index in [0.717, 1.165) is 4.68 Å². The summed E-state index contributed by atoms with van der Waals surface area (Å²) in [4.78, 5) is 0. The third kappa shape index (κ3) is 2.82. The smallest absolute Gasteiger partial charge is 0.220 e. The number of hydrogen-bond donors (Lipinski definition) is 0. The van der Waals surface area contributed by atoms with Crippen molar-refractivity contribution in [3.8, 4) is 5.69 Å². The summed E-state index contributed by atoms with van der Waals surface area (Å²) in [5, 5.41) is 4.44. The lowest BCUT2D eigenvalue weighted by molar-refractivity contribution is 0.144. The van der Waals surface area contributed by atoms with Gasteiger partial charge in [0.2, 0.25) is 0 Å². The van der Waals surface area contributed by atoms with Crippen LogP contribution in [0.5, 0.6) is 0 Å². The first kappa shape index (κ1) is 14.9. The summed E-state index contributed by atoms with van der Waals surface area (Å²) in [6, 6.07) is 4.57. The van der Waals surface area contributed by atoms with Gasteiger partial charge in [-0.05, 0) is 18.2 Å². The van der Waals surface area contributed by atoms with Gasteiger partial charge in [-0.1, -0.05) is 34.8 Å². The Morgan fingerprint density at radius 1 is 1.21 bits per heavy atom. The third-order valence-corrected chi connectivity index (χ3v) is 3.62. The molecule has 0 bridgehead atoms. The number of nitrogens with zero attached hydrogens (tertiary/aromatic N) is 2. The zero-order valence-electron chi connectivity index (χ0n) is 9.18. The molecule has 0 aliphatic rings. The van der Waals surface area contributed by atoms with Gasteiger partial charge in [-0.15, -0.1) is 11.6 Å². The normalized spacial score (nSPS) is 11.3. The van der Waals surface area contributed by atoms with Crippen molar-refractivity contribution in [1.82, 2.24) is 9.78 Å². The highest BCUT2D eigenvalue weighted by Crippen LogP contribution is 2.33. The molecule has 8 heteroatoms. The maximum Gasteiger partial charge on any atom is 0.282 e. The van der Waals surface area contributed by atoms with Crippen molar-refractivity contribution in [3.63, 3.8) is 0 Å². The van der Waals surface area contributed by atoms with Gasteiger partial charge in [0.25, 0.3) is 6.43 Å². The van der Waals surface area contributed by atoms with E-state index in [9.17, 15) is 8.78 Å². The minimum Gasteiger partial charge on any atom is -0.220 e. The Morgan fingerprint density at radius 2 is 1.89 bits per heavy atom. The zero-order chi connectivity index (χ0) is 14.2. The summed E-state index contributed by atoms with van der Waals surface area (Å²) in [6.07, 6.45) is -2.77. The second-order valence-electron chi connectivity index (χ2n) is 3.60. The van der Waals surface area contributed by atoms with Crippen LogP contribution >= 0.6 is 46.4 Å². The van der Waals surface area contributed by atoms with Crippen LogP contribution in [0.3, 0.4) is 0 Å². The molecule has 2 nitrogen and oxygen atoms in total. The standard InChI is InChI=1S/C11H6Cl4F2N2/c12-4-6-9(11(16)17)18-19(10(6)15)8-2-1-5(13)3-7(8)14/h1-3,11H,4H2. The minimum atomic E-state index is -2.77. The highest BCUT2D eigenvalue weighted by atomic mass is 35.5. The molecule has 0 amide bonds. The van der Waals surface area contributed by atoms with Crippen molar-refractivity contribution in [2.45, 2.75) is 12.3 Å². The number of halogens is 6. The molecule has 1 heterocycles. The molecule has 0 atom stereocenters. The van der Waals surface area contributed by atoms with E-state index in [1.165, 1.54) is 12.1 Å². The lowest BCUT2D eigenvalue weighted by Gasteiger charge is -2.06. The summed E-state index contributed by atoms with van der Waals surface area (Å²) < 4.78 is 26.8. The number of benzene rings is 1. The molecule has 102 valence electrons. The first-order chi connectivity index (χ1) is 8.95. The predicted octanol–water partition coefficient (Wildman–Crippen LogP) is 5.51. The predicted molar refractivity (Wildman–Crippen MR) is 73.1 cm³/mol. The first-order valence-electron chi connectivity index (χ1n) is 5.02. The molecule has 2 aromatic rings. The van der Waals surface area contributed by atoms with E-state index in [4.69, 9.17) is 46.4 Å². The van der Waals surface area contributed by atoms with E-state index in [0.29, 0.717) is 10.7 Å². The Labute approximate surface area is 127 Å². The van der Waals surface area contributed by atoms with Crippen molar-refractivity contribution >= 4 is 46.4 Å². The molecular formula is C11H6Cl4F2N2. The van der Waals surface area contributed by atoms with E-state index >= 15 is 0 Å². The van der Waals surface area contributed by atoms with Crippen molar-refractivity contribution in [2.75, 3.05) is 0 Å². The number of hydrogen-bond acceptors (Lipinski definition) is 1. The molecule has 0 saturated carbocycles. The highest BCUT2D eigenvalue weighted by Gasteiger charge is 2.23. The van der Waals surface area contributed by atoms with Gasteiger partial charge in [0.1, 0.15) is 10.8 Å². The summed E-state index contributed by atoms with van der Waals surface area (Å²) in [5.41, 5.74) is -0.00954. The lowest BCUT2D eigenvalue weighted by atomic mass is 10.3. The molecule has 0 aliphatic carbocycles. The molecule has 1 aromatic carbocycles. The fourth-order valence-electron chi connectivity index (χ4n) is 1.56. The molecule has 0 radical (unpaired) electrons. The lowest BCUT2D eigenvalue weighted by Crippen LogP contribution is -1.98. The van der Waals surface area contributed by atoms with E-state index < -0.39 is 12.1 Å². The van der Waals surface area contributed by atoms with Crippen LogP contribution in [0.1, 0.15) is 17.7 Å². The highest BCUT2D eigenvalue weighted by molar-refractivity contribution is 6.36.